The third-order valence-corrected chi connectivity index (χ3v) is 4.05. The Morgan fingerprint density at radius 3 is 2.62 bits per heavy atom. The van der Waals surface area contributed by atoms with Gasteiger partial charge in [0.25, 0.3) is 5.91 Å². The first kappa shape index (κ1) is 14.1. The molecule has 0 fully saturated rings. The molecule has 0 aliphatic rings. The Morgan fingerprint density at radius 1 is 1.14 bits per heavy atom. The Morgan fingerprint density at radius 2 is 1.86 bits per heavy atom. The summed E-state index contributed by atoms with van der Waals surface area (Å²) in [7, 11) is 0. The average molecular weight is 395 g/mol. The lowest BCUT2D eigenvalue weighted by atomic mass is 10.1. The predicted molar refractivity (Wildman–Crippen MR) is 86.5 cm³/mol. The van der Waals surface area contributed by atoms with Crippen molar-refractivity contribution in [2.45, 2.75) is 6.54 Å². The number of hydrogen-bond donors (Lipinski definition) is 1. The molecule has 0 atom stereocenters. The highest BCUT2D eigenvalue weighted by Crippen LogP contribution is 2.26. The minimum Gasteiger partial charge on any atom is -0.450 e. The number of fused-ring (bicyclic) bond motifs is 1. The number of para-hydroxylation sites is 1. The van der Waals surface area contributed by atoms with E-state index in [0.29, 0.717) is 12.1 Å². The van der Waals surface area contributed by atoms with E-state index >= 15 is 0 Å². The van der Waals surface area contributed by atoms with Gasteiger partial charge in [-0.05, 0) is 52.9 Å². The molecule has 0 saturated heterocycles. The second-order valence-corrected chi connectivity index (χ2v) is 5.52. The first-order chi connectivity index (χ1) is 10.1. The fourth-order valence-electron chi connectivity index (χ4n) is 2.11. The fraction of sp³-hybridized carbons (Fsp3) is 0.0625. The van der Waals surface area contributed by atoms with Crippen LogP contribution in [0.3, 0.4) is 0 Å². The molecular weight excluding hydrogens is 384 g/mol. The molecule has 0 saturated carbocycles. The van der Waals surface area contributed by atoms with Crippen molar-refractivity contribution in [1.82, 2.24) is 5.32 Å². The van der Waals surface area contributed by atoms with Crippen LogP contribution in [0.4, 0.5) is 4.39 Å². The molecule has 0 spiro atoms. The zero-order valence-electron chi connectivity index (χ0n) is 10.9. The van der Waals surface area contributed by atoms with Gasteiger partial charge in [0, 0.05) is 23.1 Å². The molecule has 1 N–H and O–H groups in total. The van der Waals surface area contributed by atoms with Crippen LogP contribution in [0.2, 0.25) is 0 Å². The van der Waals surface area contributed by atoms with Crippen molar-refractivity contribution in [3.05, 3.63) is 69.2 Å². The third-order valence-electron chi connectivity index (χ3n) is 3.18. The van der Waals surface area contributed by atoms with Gasteiger partial charge >= 0.3 is 0 Å². The van der Waals surface area contributed by atoms with Crippen molar-refractivity contribution < 1.29 is 13.6 Å². The number of amides is 1. The normalized spacial score (nSPS) is 10.8. The smallest absolute Gasteiger partial charge is 0.251 e. The molecule has 106 valence electrons. The van der Waals surface area contributed by atoms with Gasteiger partial charge in [-0.3, -0.25) is 4.79 Å². The zero-order chi connectivity index (χ0) is 14.8. The number of carbonyl (C=O) groups excluding carboxylic acids is 1. The number of carbonyl (C=O) groups is 1. The van der Waals surface area contributed by atoms with Crippen LogP contribution >= 0.6 is 22.6 Å². The number of benzene rings is 2. The van der Waals surface area contributed by atoms with Gasteiger partial charge in [-0.1, -0.05) is 18.2 Å². The summed E-state index contributed by atoms with van der Waals surface area (Å²) in [5, 5.41) is 3.81. The second kappa shape index (κ2) is 5.85. The molecule has 3 nitrogen and oxygen atoms in total. The van der Waals surface area contributed by atoms with E-state index in [9.17, 15) is 9.18 Å². The highest BCUT2D eigenvalue weighted by Gasteiger charge is 2.13. The van der Waals surface area contributed by atoms with Crippen LogP contribution in [-0.2, 0) is 6.54 Å². The lowest BCUT2D eigenvalue weighted by Crippen LogP contribution is -2.22. The third kappa shape index (κ3) is 2.92. The van der Waals surface area contributed by atoms with Crippen LogP contribution in [0.1, 0.15) is 15.9 Å². The summed E-state index contributed by atoms with van der Waals surface area (Å²) in [5.41, 5.74) is 2.17. The van der Waals surface area contributed by atoms with Crippen molar-refractivity contribution in [1.29, 1.82) is 0 Å². The monoisotopic (exact) mass is 395 g/mol. The van der Waals surface area contributed by atoms with Gasteiger partial charge in [0.2, 0.25) is 0 Å². The predicted octanol–water partition coefficient (Wildman–Crippen LogP) is 4.11. The van der Waals surface area contributed by atoms with E-state index in [1.807, 2.05) is 24.3 Å². The van der Waals surface area contributed by atoms with Gasteiger partial charge in [0.15, 0.2) is 3.77 Å². The molecule has 1 aromatic heterocycles. The van der Waals surface area contributed by atoms with Crippen LogP contribution in [0, 0.1) is 9.58 Å². The number of nitrogens with one attached hydrogen (secondary N) is 1. The topological polar surface area (TPSA) is 42.2 Å². The van der Waals surface area contributed by atoms with Crippen LogP contribution in [0.15, 0.2) is 52.9 Å². The van der Waals surface area contributed by atoms with Crippen molar-refractivity contribution in [2.75, 3.05) is 0 Å². The molecule has 0 bridgehead atoms. The van der Waals surface area contributed by atoms with Crippen molar-refractivity contribution in [3.8, 4) is 0 Å². The van der Waals surface area contributed by atoms with Crippen LogP contribution in [-0.4, -0.2) is 5.91 Å². The number of furan rings is 1. The summed E-state index contributed by atoms with van der Waals surface area (Å²) in [5.74, 6) is -0.599. The van der Waals surface area contributed by atoms with Gasteiger partial charge < -0.3 is 9.73 Å². The Balaban J connectivity index is 1.79. The summed E-state index contributed by atoms with van der Waals surface area (Å²) in [4.78, 5) is 12.0. The van der Waals surface area contributed by atoms with Crippen LogP contribution in [0.5, 0.6) is 0 Å². The fourth-order valence-corrected chi connectivity index (χ4v) is 2.82. The molecule has 0 radical (unpaired) electrons. The molecule has 3 aromatic rings. The standard InChI is InChI=1S/C16H11FINO2/c17-11-7-5-10(6-8-11)16(20)19-9-13-12-3-1-2-4-14(12)21-15(13)18/h1-8H,9H2,(H,19,20). The Hall–Kier alpha value is -1.89. The largest absolute Gasteiger partial charge is 0.450 e. The first-order valence-corrected chi connectivity index (χ1v) is 7.42. The maximum absolute atomic E-state index is 12.8. The van der Waals surface area contributed by atoms with Gasteiger partial charge in [0.1, 0.15) is 11.4 Å². The van der Waals surface area contributed by atoms with Gasteiger partial charge in [-0.15, -0.1) is 0 Å². The number of hydrogen-bond acceptors (Lipinski definition) is 2. The summed E-state index contributed by atoms with van der Waals surface area (Å²) in [6.07, 6.45) is 0. The molecule has 2 aromatic carbocycles. The van der Waals surface area contributed by atoms with Gasteiger partial charge in [-0.2, -0.15) is 0 Å². The molecular formula is C16H11FINO2. The Kier molecular flexibility index (Phi) is 3.92. The number of halogens is 2. The molecule has 0 aliphatic carbocycles. The Labute approximate surface area is 134 Å². The zero-order valence-corrected chi connectivity index (χ0v) is 13.1. The SMILES string of the molecule is O=C(NCc1c(I)oc2ccccc12)c1ccc(F)cc1. The molecule has 1 heterocycles. The molecule has 0 unspecified atom stereocenters. The lowest BCUT2D eigenvalue weighted by molar-refractivity contribution is 0.0951. The minimum atomic E-state index is -0.359. The van der Waals surface area contributed by atoms with E-state index in [4.69, 9.17) is 4.42 Å². The van der Waals surface area contributed by atoms with E-state index in [1.165, 1.54) is 24.3 Å². The van der Waals surface area contributed by atoms with E-state index in [1.54, 1.807) is 0 Å². The van der Waals surface area contributed by atoms with Crippen molar-refractivity contribution in [2.24, 2.45) is 0 Å². The summed E-state index contributed by atoms with van der Waals surface area (Å²) >= 11 is 2.11. The quantitative estimate of drug-likeness (QED) is 0.679. The van der Waals surface area contributed by atoms with Crippen LogP contribution in [0.25, 0.3) is 11.0 Å². The molecule has 21 heavy (non-hydrogen) atoms. The average Bonchev–Trinajstić information content (AvgIpc) is 2.81. The maximum Gasteiger partial charge on any atom is 0.251 e. The molecule has 5 heteroatoms. The summed E-state index contributed by atoms with van der Waals surface area (Å²) < 4.78 is 19.2. The van der Waals surface area contributed by atoms with Gasteiger partial charge in [-0.25, -0.2) is 4.39 Å². The van der Waals surface area contributed by atoms with Crippen molar-refractivity contribution in [3.63, 3.8) is 0 Å². The highest BCUT2D eigenvalue weighted by molar-refractivity contribution is 14.1. The highest BCUT2D eigenvalue weighted by atomic mass is 127. The minimum absolute atomic E-state index is 0.240. The molecule has 1 amide bonds. The van der Waals surface area contributed by atoms with E-state index in [0.717, 1.165) is 20.3 Å². The Bertz CT molecular complexity index is 796. The van der Waals surface area contributed by atoms with E-state index < -0.39 is 0 Å². The van der Waals surface area contributed by atoms with E-state index in [2.05, 4.69) is 27.9 Å². The first-order valence-electron chi connectivity index (χ1n) is 6.35. The molecule has 0 aliphatic heterocycles. The van der Waals surface area contributed by atoms with Crippen molar-refractivity contribution >= 4 is 39.5 Å². The second-order valence-electron chi connectivity index (χ2n) is 4.54. The van der Waals surface area contributed by atoms with Crippen LogP contribution < -0.4 is 5.32 Å². The lowest BCUT2D eigenvalue weighted by Gasteiger charge is -2.04. The number of rotatable bonds is 3. The molecule has 3 rings (SSSR count). The maximum atomic E-state index is 12.8. The summed E-state index contributed by atoms with van der Waals surface area (Å²) in [6.45, 7) is 0.367. The van der Waals surface area contributed by atoms with E-state index in [-0.39, 0.29) is 11.7 Å². The summed E-state index contributed by atoms with van der Waals surface area (Å²) in [6, 6.07) is 13.1. The van der Waals surface area contributed by atoms with Gasteiger partial charge in [0.05, 0.1) is 0 Å².